The second-order valence-corrected chi connectivity index (χ2v) is 8.41. The molecule has 0 saturated heterocycles. The lowest BCUT2D eigenvalue weighted by Gasteiger charge is -2.13. The topological polar surface area (TPSA) is 108 Å². The molecular weight excluding hydrogens is 454 g/mol. The summed E-state index contributed by atoms with van der Waals surface area (Å²) in [5, 5.41) is 5.02. The average Bonchev–Trinajstić information content (AvgIpc) is 3.35. The highest BCUT2D eigenvalue weighted by Gasteiger charge is 2.14. The molecule has 4 aromatic carbocycles. The van der Waals surface area contributed by atoms with Crippen molar-refractivity contribution < 1.29 is 14.3 Å². The number of amides is 3. The highest BCUT2D eigenvalue weighted by molar-refractivity contribution is 5.95. The first-order valence-corrected chi connectivity index (χ1v) is 11.6. The van der Waals surface area contributed by atoms with Crippen LogP contribution in [0.3, 0.4) is 0 Å². The van der Waals surface area contributed by atoms with Gasteiger partial charge in [0.05, 0.1) is 17.1 Å². The molecule has 1 unspecified atom stereocenters. The van der Waals surface area contributed by atoms with Crippen molar-refractivity contribution in [2.75, 3.05) is 0 Å². The van der Waals surface area contributed by atoms with Crippen molar-refractivity contribution in [2.45, 2.75) is 19.6 Å². The number of rotatable bonds is 6. The van der Waals surface area contributed by atoms with Crippen LogP contribution in [0.2, 0.25) is 0 Å². The minimum atomic E-state index is -0.545. The Labute approximate surface area is 207 Å². The lowest BCUT2D eigenvalue weighted by atomic mass is 10.1. The van der Waals surface area contributed by atoms with E-state index in [1.165, 1.54) is 0 Å². The highest BCUT2D eigenvalue weighted by atomic mass is 16.5. The van der Waals surface area contributed by atoms with Crippen LogP contribution in [0, 0.1) is 0 Å². The average molecular weight is 480 g/mol. The molecule has 8 nitrogen and oxygen atoms in total. The summed E-state index contributed by atoms with van der Waals surface area (Å²) in [5.74, 6) is 0.977. The number of imidazole rings is 1. The molecule has 8 heteroatoms. The fourth-order valence-electron chi connectivity index (χ4n) is 3.84. The first kappa shape index (κ1) is 22.9. The fraction of sp³-hybridized carbons (Fsp3) is 0.107. The number of ether oxygens (including phenoxy) is 1. The Balaban J connectivity index is 1.10. The van der Waals surface area contributed by atoms with Crippen molar-refractivity contribution >= 4 is 33.7 Å². The second kappa shape index (κ2) is 10.2. The van der Waals surface area contributed by atoms with Gasteiger partial charge in [-0.2, -0.15) is 0 Å². The standard InChI is InChI=1S/C28H25N5O3/c1-18(26-30-24-8-4-5-9-25(24)31-26)29-28(35)33-32-27(34)21-12-10-19(11-13-21)17-36-23-15-14-20-6-2-3-7-22(20)16-23/h2-16,18H,17H2,1H3,(H,30,31)(H,32,34)(H2,29,33,35). The predicted octanol–water partition coefficient (Wildman–Crippen LogP) is 5.00. The van der Waals surface area contributed by atoms with E-state index in [1.54, 1.807) is 19.1 Å². The summed E-state index contributed by atoms with van der Waals surface area (Å²) in [6, 6.07) is 27.8. The fourth-order valence-corrected chi connectivity index (χ4v) is 3.84. The van der Waals surface area contributed by atoms with Gasteiger partial charge < -0.3 is 15.0 Å². The molecule has 0 aliphatic rings. The number of carbonyl (C=O) groups is 2. The molecule has 0 bridgehead atoms. The minimum absolute atomic E-state index is 0.376. The summed E-state index contributed by atoms with van der Waals surface area (Å²) < 4.78 is 5.90. The summed E-state index contributed by atoms with van der Waals surface area (Å²) in [6.45, 7) is 2.18. The molecule has 1 aromatic heterocycles. The monoisotopic (exact) mass is 479 g/mol. The van der Waals surface area contributed by atoms with Gasteiger partial charge in [0.15, 0.2) is 0 Å². The number of hydrogen-bond acceptors (Lipinski definition) is 4. The number of H-pyrrole nitrogens is 1. The number of hydrazine groups is 1. The van der Waals surface area contributed by atoms with Crippen LogP contribution in [0.5, 0.6) is 5.75 Å². The smallest absolute Gasteiger partial charge is 0.334 e. The van der Waals surface area contributed by atoms with Gasteiger partial charge in [0.2, 0.25) is 0 Å². The van der Waals surface area contributed by atoms with Crippen LogP contribution in [-0.4, -0.2) is 21.9 Å². The third-order valence-electron chi connectivity index (χ3n) is 5.80. The molecule has 4 N–H and O–H groups in total. The number of nitrogens with one attached hydrogen (secondary N) is 4. The van der Waals surface area contributed by atoms with Gasteiger partial charge >= 0.3 is 6.03 Å². The quantitative estimate of drug-likeness (QED) is 0.257. The molecule has 0 saturated carbocycles. The molecule has 1 heterocycles. The summed E-state index contributed by atoms with van der Waals surface area (Å²) >= 11 is 0. The number of carbonyl (C=O) groups excluding carboxylic acids is 2. The summed E-state index contributed by atoms with van der Waals surface area (Å²) in [6.07, 6.45) is 0. The van der Waals surface area contributed by atoms with Crippen LogP contribution in [0.25, 0.3) is 21.8 Å². The molecule has 0 spiro atoms. The van der Waals surface area contributed by atoms with Gasteiger partial charge in [-0.15, -0.1) is 0 Å². The Hall–Kier alpha value is -4.85. The maximum Gasteiger partial charge on any atom is 0.334 e. The summed E-state index contributed by atoms with van der Waals surface area (Å²) in [5.41, 5.74) is 7.83. The van der Waals surface area contributed by atoms with E-state index in [1.807, 2.05) is 72.8 Å². The van der Waals surface area contributed by atoms with Crippen molar-refractivity contribution in [3.63, 3.8) is 0 Å². The second-order valence-electron chi connectivity index (χ2n) is 8.41. The van der Waals surface area contributed by atoms with Crippen LogP contribution in [0.15, 0.2) is 91.0 Å². The van der Waals surface area contributed by atoms with Crippen LogP contribution < -0.4 is 20.9 Å². The lowest BCUT2D eigenvalue weighted by Crippen LogP contribution is -2.47. The molecule has 3 amide bonds. The van der Waals surface area contributed by atoms with Gasteiger partial charge in [0.25, 0.3) is 5.91 Å². The van der Waals surface area contributed by atoms with Gasteiger partial charge in [-0.05, 0) is 59.7 Å². The SMILES string of the molecule is CC(NC(=O)NNC(=O)c1ccc(COc2ccc3ccccc3c2)cc1)c1nc2ccccc2[nH]1. The van der Waals surface area contributed by atoms with Gasteiger partial charge in [0.1, 0.15) is 18.2 Å². The zero-order chi connectivity index (χ0) is 24.9. The van der Waals surface area contributed by atoms with E-state index >= 15 is 0 Å². The molecule has 180 valence electrons. The summed E-state index contributed by atoms with van der Waals surface area (Å²) in [7, 11) is 0. The Bertz CT molecular complexity index is 1490. The number of nitrogens with zero attached hydrogens (tertiary/aromatic N) is 1. The van der Waals surface area contributed by atoms with Crippen molar-refractivity contribution in [1.29, 1.82) is 0 Å². The Morgan fingerprint density at radius 1 is 0.889 bits per heavy atom. The number of hydrogen-bond donors (Lipinski definition) is 4. The van der Waals surface area contributed by atoms with E-state index in [9.17, 15) is 9.59 Å². The van der Waals surface area contributed by atoms with E-state index in [2.05, 4.69) is 32.2 Å². The van der Waals surface area contributed by atoms with Crippen molar-refractivity contribution in [2.24, 2.45) is 0 Å². The predicted molar refractivity (Wildman–Crippen MR) is 138 cm³/mol. The third kappa shape index (κ3) is 5.28. The zero-order valence-electron chi connectivity index (χ0n) is 19.6. The van der Waals surface area contributed by atoms with E-state index in [4.69, 9.17) is 4.74 Å². The van der Waals surface area contributed by atoms with Crippen LogP contribution in [0.1, 0.15) is 34.7 Å². The van der Waals surface area contributed by atoms with Crippen molar-refractivity contribution in [3.8, 4) is 5.75 Å². The largest absolute Gasteiger partial charge is 0.489 e. The van der Waals surface area contributed by atoms with Crippen molar-refractivity contribution in [3.05, 3.63) is 108 Å². The molecular formula is C28H25N5O3. The molecule has 5 aromatic rings. The van der Waals surface area contributed by atoms with Crippen LogP contribution >= 0.6 is 0 Å². The molecule has 0 radical (unpaired) electrons. The summed E-state index contributed by atoms with van der Waals surface area (Å²) in [4.78, 5) is 32.3. The first-order valence-electron chi connectivity index (χ1n) is 11.6. The molecule has 5 rings (SSSR count). The van der Waals surface area contributed by atoms with Crippen LogP contribution in [0.4, 0.5) is 4.79 Å². The number of para-hydroxylation sites is 2. The zero-order valence-corrected chi connectivity index (χ0v) is 19.6. The van der Waals surface area contributed by atoms with Crippen molar-refractivity contribution in [1.82, 2.24) is 26.1 Å². The normalized spacial score (nSPS) is 11.7. The van der Waals surface area contributed by atoms with Gasteiger partial charge in [0, 0.05) is 5.56 Å². The number of fused-ring (bicyclic) bond motifs is 2. The van der Waals surface area contributed by atoms with Crippen LogP contribution in [-0.2, 0) is 6.61 Å². The van der Waals surface area contributed by atoms with E-state index < -0.39 is 11.9 Å². The van der Waals surface area contributed by atoms with Gasteiger partial charge in [-0.3, -0.25) is 10.2 Å². The number of aromatic amines is 1. The lowest BCUT2D eigenvalue weighted by molar-refractivity contribution is 0.0936. The molecule has 0 aliphatic heterocycles. The highest BCUT2D eigenvalue weighted by Crippen LogP contribution is 2.21. The number of aromatic nitrogens is 2. The van der Waals surface area contributed by atoms with Gasteiger partial charge in [-0.25, -0.2) is 15.2 Å². The van der Waals surface area contributed by atoms with E-state index in [-0.39, 0.29) is 6.04 Å². The molecule has 36 heavy (non-hydrogen) atoms. The maximum absolute atomic E-state index is 12.4. The first-order chi connectivity index (χ1) is 17.5. The molecule has 1 atom stereocenters. The van der Waals surface area contributed by atoms with E-state index in [0.29, 0.717) is 18.0 Å². The molecule has 0 aliphatic carbocycles. The maximum atomic E-state index is 12.4. The van der Waals surface area contributed by atoms with E-state index in [0.717, 1.165) is 33.1 Å². The minimum Gasteiger partial charge on any atom is -0.489 e. The Morgan fingerprint density at radius 2 is 1.64 bits per heavy atom. The third-order valence-corrected chi connectivity index (χ3v) is 5.80. The Morgan fingerprint density at radius 3 is 2.44 bits per heavy atom. The molecule has 0 fully saturated rings. The number of benzene rings is 4. The van der Waals surface area contributed by atoms with Gasteiger partial charge in [-0.1, -0.05) is 54.6 Å². The number of urea groups is 1. The Kier molecular flexibility index (Phi) is 6.48.